The van der Waals surface area contributed by atoms with Crippen LogP contribution in [0.2, 0.25) is 16.6 Å². The zero-order valence-electron chi connectivity index (χ0n) is 33.8. The minimum Gasteiger partial charge on any atom is -0.416 e. The number of methoxy groups -OCH3 is 1. The highest BCUT2D eigenvalue weighted by molar-refractivity contribution is 6.77. The molecule has 6 nitrogen and oxygen atoms in total. The molecule has 7 heteroatoms. The first-order valence-corrected chi connectivity index (χ1v) is 21.8. The molecule has 1 aliphatic carbocycles. The summed E-state index contributed by atoms with van der Waals surface area (Å²) in [7, 11) is -0.428. The number of nitriles is 1. The maximum atomic E-state index is 12.4. The molecule has 0 saturated heterocycles. The van der Waals surface area contributed by atoms with Crippen LogP contribution in [0.15, 0.2) is 103 Å². The van der Waals surface area contributed by atoms with Gasteiger partial charge in [-0.1, -0.05) is 152 Å². The van der Waals surface area contributed by atoms with E-state index in [-0.39, 0.29) is 25.2 Å². The third-order valence-electron chi connectivity index (χ3n) is 12.0. The van der Waals surface area contributed by atoms with Gasteiger partial charge in [-0.3, -0.25) is 0 Å². The first-order valence-electron chi connectivity index (χ1n) is 19.7. The second-order valence-corrected chi connectivity index (χ2v) is 21.8. The molecule has 3 aromatic rings. The number of hydrogen-bond donors (Lipinski definition) is 1. The number of rotatable bonds is 20. The van der Waals surface area contributed by atoms with Crippen LogP contribution in [0, 0.1) is 34.5 Å². The van der Waals surface area contributed by atoms with E-state index in [4.69, 9.17) is 18.6 Å². The van der Waals surface area contributed by atoms with Crippen LogP contribution in [0.25, 0.3) is 0 Å². The Morgan fingerprint density at radius 2 is 1.26 bits per heavy atom. The predicted octanol–water partition coefficient (Wildman–Crippen LogP) is 10.7. The zero-order valence-corrected chi connectivity index (χ0v) is 34.8. The van der Waals surface area contributed by atoms with Crippen molar-refractivity contribution in [3.63, 3.8) is 0 Å². The second-order valence-electron chi connectivity index (χ2n) is 16.3. The summed E-state index contributed by atoms with van der Waals surface area (Å²) in [6, 6.07) is 33.4. The van der Waals surface area contributed by atoms with Crippen LogP contribution >= 0.6 is 0 Å². The van der Waals surface area contributed by atoms with Crippen molar-refractivity contribution in [3.05, 3.63) is 119 Å². The van der Waals surface area contributed by atoms with E-state index >= 15 is 0 Å². The van der Waals surface area contributed by atoms with Gasteiger partial charge in [0.05, 0.1) is 30.8 Å². The zero-order chi connectivity index (χ0) is 38.6. The number of hydrogen-bond acceptors (Lipinski definition) is 6. The molecular weight excluding hydrogens is 675 g/mol. The summed E-state index contributed by atoms with van der Waals surface area (Å²) in [6.07, 6.45) is 3.16. The van der Waals surface area contributed by atoms with Crippen molar-refractivity contribution >= 4 is 8.32 Å². The summed E-state index contributed by atoms with van der Waals surface area (Å²) in [4.78, 5) is 0. The maximum Gasteiger partial charge on any atom is 0.200 e. The van der Waals surface area contributed by atoms with E-state index in [9.17, 15) is 10.4 Å². The molecule has 288 valence electrons. The van der Waals surface area contributed by atoms with Gasteiger partial charge in [-0.05, 0) is 70.0 Å². The molecule has 1 aliphatic rings. The standard InChI is InChI=1S/C46H65NO5Si/c1-34(2)53(35(3)4,36(5)6)52-29-38(8)37(7)28-45(32-47)26-25-39(30-50-33-49-9)27-43(45)44(48)31-51-46(40-19-13-10-14-20-40,41-21-15-11-16-22-41)42-23-17-12-18-24-42/h10-24,27,34-38,43-44,48H,25-26,28-31,33H2,1-9H3/t37-,38-,43+,44+,45-/m0/s1. The van der Waals surface area contributed by atoms with E-state index in [1.54, 1.807) is 7.11 Å². The molecule has 0 fully saturated rings. The van der Waals surface area contributed by atoms with Crippen molar-refractivity contribution < 1.29 is 23.7 Å². The first kappa shape index (κ1) is 42.6. The minimum absolute atomic E-state index is 0.0216. The Morgan fingerprint density at radius 3 is 1.70 bits per heavy atom. The number of aliphatic hydroxyl groups is 1. The Labute approximate surface area is 321 Å². The van der Waals surface area contributed by atoms with Crippen LogP contribution in [-0.4, -0.2) is 53.3 Å². The lowest BCUT2D eigenvalue weighted by Gasteiger charge is -2.45. The lowest BCUT2D eigenvalue weighted by atomic mass is 9.62. The molecule has 4 rings (SSSR count). The van der Waals surface area contributed by atoms with Crippen molar-refractivity contribution in [2.75, 3.05) is 33.7 Å². The molecule has 5 atom stereocenters. The van der Waals surface area contributed by atoms with E-state index in [1.807, 2.05) is 54.6 Å². The Hall–Kier alpha value is -3.09. The van der Waals surface area contributed by atoms with Crippen LogP contribution in [0.3, 0.4) is 0 Å². The summed E-state index contributed by atoms with van der Waals surface area (Å²) in [6.45, 7) is 19.7. The summed E-state index contributed by atoms with van der Waals surface area (Å²) in [5.74, 6) is -0.0247. The molecule has 0 saturated carbocycles. The molecule has 0 aliphatic heterocycles. The number of nitrogens with zero attached hydrogens (tertiary/aromatic N) is 1. The van der Waals surface area contributed by atoms with E-state index in [0.717, 1.165) is 28.7 Å². The lowest BCUT2D eigenvalue weighted by molar-refractivity contribution is -0.0689. The van der Waals surface area contributed by atoms with E-state index in [0.29, 0.717) is 42.7 Å². The Kier molecular flexibility index (Phi) is 15.7. The highest BCUT2D eigenvalue weighted by Crippen LogP contribution is 2.49. The smallest absolute Gasteiger partial charge is 0.200 e. The lowest BCUT2D eigenvalue weighted by Crippen LogP contribution is -2.49. The van der Waals surface area contributed by atoms with Gasteiger partial charge < -0.3 is 23.7 Å². The van der Waals surface area contributed by atoms with Crippen molar-refractivity contribution in [3.8, 4) is 6.07 Å². The number of aliphatic hydroxyl groups excluding tert-OH is 1. The fourth-order valence-corrected chi connectivity index (χ4v) is 14.7. The topological polar surface area (TPSA) is 80.9 Å². The normalized spacial score (nSPS) is 19.9. The molecule has 1 N–H and O–H groups in total. The minimum atomic E-state index is -2.04. The highest BCUT2D eigenvalue weighted by Gasteiger charge is 2.48. The molecule has 0 radical (unpaired) electrons. The van der Waals surface area contributed by atoms with Crippen LogP contribution in [0.4, 0.5) is 0 Å². The molecule has 0 amide bonds. The first-order chi connectivity index (χ1) is 25.4. The van der Waals surface area contributed by atoms with Crippen LogP contribution in [-0.2, 0) is 24.2 Å². The SMILES string of the molecule is COCOCC1=C[C@H]([C@H](O)COC(c2ccccc2)(c2ccccc2)c2ccccc2)[C@](C#N)(C[C@H](C)[C@@H](C)CO[Si](C(C)C)(C(C)C)C(C)C)CC1. The van der Waals surface area contributed by atoms with Crippen molar-refractivity contribution in [2.45, 2.75) is 103 Å². The largest absolute Gasteiger partial charge is 0.416 e. The van der Waals surface area contributed by atoms with Gasteiger partial charge in [0.1, 0.15) is 12.4 Å². The van der Waals surface area contributed by atoms with Gasteiger partial charge in [-0.2, -0.15) is 5.26 Å². The van der Waals surface area contributed by atoms with E-state index in [1.165, 1.54) is 0 Å². The molecule has 0 aromatic heterocycles. The fourth-order valence-electron chi connectivity index (χ4n) is 9.12. The van der Waals surface area contributed by atoms with Gasteiger partial charge in [0.2, 0.25) is 0 Å². The Morgan fingerprint density at radius 1 is 0.774 bits per heavy atom. The van der Waals surface area contributed by atoms with Gasteiger partial charge in [0.25, 0.3) is 0 Å². The summed E-state index contributed by atoms with van der Waals surface area (Å²) in [5.41, 5.74) is 3.72. The number of benzene rings is 3. The van der Waals surface area contributed by atoms with Gasteiger partial charge in [0.15, 0.2) is 8.32 Å². The molecule has 0 heterocycles. The predicted molar refractivity (Wildman–Crippen MR) is 218 cm³/mol. The second kappa shape index (κ2) is 19.5. The van der Waals surface area contributed by atoms with Crippen molar-refractivity contribution in [1.29, 1.82) is 5.26 Å². The van der Waals surface area contributed by atoms with E-state index in [2.05, 4.69) is 104 Å². The molecule has 0 bridgehead atoms. The summed E-state index contributed by atoms with van der Waals surface area (Å²) >= 11 is 0. The third kappa shape index (κ3) is 9.59. The van der Waals surface area contributed by atoms with Crippen LogP contribution in [0.5, 0.6) is 0 Å². The summed E-state index contributed by atoms with van der Waals surface area (Å²) in [5, 5.41) is 23.5. The highest BCUT2D eigenvalue weighted by atomic mass is 28.4. The molecule has 3 aromatic carbocycles. The molecule has 0 unspecified atom stereocenters. The number of ether oxygens (including phenoxy) is 3. The molecular formula is C46H65NO5Si. The van der Waals surface area contributed by atoms with Crippen molar-refractivity contribution in [2.24, 2.45) is 23.2 Å². The van der Waals surface area contributed by atoms with Crippen molar-refractivity contribution in [1.82, 2.24) is 0 Å². The van der Waals surface area contributed by atoms with E-state index < -0.39 is 31.4 Å². The molecule has 53 heavy (non-hydrogen) atoms. The quantitative estimate of drug-likeness (QED) is 0.0409. The van der Waals surface area contributed by atoms with Crippen LogP contribution < -0.4 is 0 Å². The van der Waals surface area contributed by atoms with Crippen LogP contribution in [0.1, 0.15) is 91.3 Å². The maximum absolute atomic E-state index is 12.4. The molecule has 0 spiro atoms. The third-order valence-corrected chi connectivity index (χ3v) is 18.1. The summed E-state index contributed by atoms with van der Waals surface area (Å²) < 4.78 is 25.1. The van der Waals surface area contributed by atoms with Gasteiger partial charge in [-0.25, -0.2) is 0 Å². The Balaban J connectivity index is 1.68. The average molecular weight is 740 g/mol. The Bertz CT molecular complexity index is 1470. The average Bonchev–Trinajstić information content (AvgIpc) is 3.16. The van der Waals surface area contributed by atoms with Gasteiger partial charge in [-0.15, -0.1) is 0 Å². The monoisotopic (exact) mass is 739 g/mol. The van der Waals surface area contributed by atoms with Gasteiger partial charge in [0, 0.05) is 19.6 Å². The van der Waals surface area contributed by atoms with Gasteiger partial charge >= 0.3 is 0 Å². The fraction of sp³-hybridized carbons (Fsp3) is 0.543.